The molecular weight excluding hydrogens is 208 g/mol. The molecule has 1 aromatic carbocycles. The molecule has 0 aliphatic heterocycles. The quantitative estimate of drug-likeness (QED) is 0.617. The lowest BCUT2D eigenvalue weighted by Crippen LogP contribution is -2.30. The normalized spacial score (nSPS) is 18.1. The van der Waals surface area contributed by atoms with Crippen LogP contribution in [0, 0.1) is 5.92 Å². The zero-order valence-corrected chi connectivity index (χ0v) is 11.2. The Morgan fingerprint density at radius 2 is 1.94 bits per heavy atom. The summed E-state index contributed by atoms with van der Waals surface area (Å²) in [4.78, 5) is 0. The maximum absolute atomic E-state index is 5.74. The third-order valence-corrected chi connectivity index (χ3v) is 3.61. The fourth-order valence-corrected chi connectivity index (χ4v) is 2.46. The van der Waals surface area contributed by atoms with Crippen molar-refractivity contribution in [2.45, 2.75) is 51.5 Å². The van der Waals surface area contributed by atoms with E-state index in [1.54, 1.807) is 0 Å². The van der Waals surface area contributed by atoms with E-state index in [1.807, 2.05) is 0 Å². The number of nitrogens with two attached hydrogens (primary N) is 1. The van der Waals surface area contributed by atoms with Crippen molar-refractivity contribution in [2.75, 3.05) is 0 Å². The molecule has 1 aliphatic carbocycles. The smallest absolute Gasteiger partial charge is 0.0465 e. The van der Waals surface area contributed by atoms with Crippen molar-refractivity contribution in [3.8, 4) is 0 Å². The van der Waals surface area contributed by atoms with Gasteiger partial charge in [0.25, 0.3) is 0 Å². The second kappa shape index (κ2) is 4.79. The highest BCUT2D eigenvalue weighted by molar-refractivity contribution is 5.35. The second-order valence-corrected chi connectivity index (χ2v) is 6.24. The van der Waals surface area contributed by atoms with Crippen molar-refractivity contribution in [2.24, 2.45) is 11.8 Å². The molecule has 1 atom stereocenters. The highest BCUT2D eigenvalue weighted by Gasteiger charge is 2.28. The predicted octanol–water partition coefficient (Wildman–Crippen LogP) is 3.29. The maximum Gasteiger partial charge on any atom is 0.0465 e. The largest absolute Gasteiger partial charge is 0.271 e. The maximum atomic E-state index is 5.74. The Labute approximate surface area is 105 Å². The molecule has 0 bridgehead atoms. The Balaban J connectivity index is 2.28. The Hall–Kier alpha value is -0.860. The first-order valence-corrected chi connectivity index (χ1v) is 6.58. The molecule has 2 heteroatoms. The zero-order valence-electron chi connectivity index (χ0n) is 11.2. The van der Waals surface area contributed by atoms with E-state index in [2.05, 4.69) is 50.5 Å². The summed E-state index contributed by atoms with van der Waals surface area (Å²) in [5, 5.41) is 0. The molecule has 2 rings (SSSR count). The van der Waals surface area contributed by atoms with Crippen LogP contribution in [0.3, 0.4) is 0 Å². The Morgan fingerprint density at radius 1 is 1.29 bits per heavy atom. The molecule has 0 saturated heterocycles. The van der Waals surface area contributed by atoms with Crippen LogP contribution in [0.5, 0.6) is 0 Å². The van der Waals surface area contributed by atoms with Crippen LogP contribution in [0.2, 0.25) is 0 Å². The third kappa shape index (κ3) is 3.08. The molecule has 0 spiro atoms. The van der Waals surface area contributed by atoms with Gasteiger partial charge in [0, 0.05) is 6.04 Å². The van der Waals surface area contributed by atoms with Crippen molar-refractivity contribution in [3.05, 3.63) is 35.4 Å². The fraction of sp³-hybridized carbons (Fsp3) is 0.600. The van der Waals surface area contributed by atoms with Gasteiger partial charge in [0.1, 0.15) is 0 Å². The highest BCUT2D eigenvalue weighted by atomic mass is 15.2. The summed E-state index contributed by atoms with van der Waals surface area (Å²) in [6, 6.07) is 8.98. The first-order valence-electron chi connectivity index (χ1n) is 6.58. The predicted molar refractivity (Wildman–Crippen MR) is 72.5 cm³/mol. The summed E-state index contributed by atoms with van der Waals surface area (Å²) >= 11 is 0. The van der Waals surface area contributed by atoms with E-state index < -0.39 is 0 Å². The van der Waals surface area contributed by atoms with Gasteiger partial charge in [0.2, 0.25) is 0 Å². The minimum Gasteiger partial charge on any atom is -0.271 e. The van der Waals surface area contributed by atoms with E-state index in [9.17, 15) is 0 Å². The van der Waals surface area contributed by atoms with E-state index in [-0.39, 0.29) is 5.41 Å². The third-order valence-electron chi connectivity index (χ3n) is 3.61. The van der Waals surface area contributed by atoms with Gasteiger partial charge in [0.05, 0.1) is 0 Å². The van der Waals surface area contributed by atoms with Gasteiger partial charge in [-0.1, -0.05) is 57.9 Å². The van der Waals surface area contributed by atoms with Crippen LogP contribution < -0.4 is 11.3 Å². The monoisotopic (exact) mass is 232 g/mol. The lowest BCUT2D eigenvalue weighted by molar-refractivity contribution is 0.471. The molecule has 94 valence electrons. The summed E-state index contributed by atoms with van der Waals surface area (Å²) in [6.45, 7) is 6.78. The highest BCUT2D eigenvalue weighted by Crippen LogP contribution is 2.39. The van der Waals surface area contributed by atoms with Crippen molar-refractivity contribution in [1.82, 2.24) is 5.43 Å². The van der Waals surface area contributed by atoms with Gasteiger partial charge in [-0.05, 0) is 28.9 Å². The lowest BCUT2D eigenvalue weighted by atomic mass is 9.81. The first kappa shape index (κ1) is 12.6. The van der Waals surface area contributed by atoms with Crippen LogP contribution in [0.25, 0.3) is 0 Å². The molecular formula is C15H24N2. The number of benzene rings is 1. The molecule has 1 saturated carbocycles. The van der Waals surface area contributed by atoms with E-state index in [0.29, 0.717) is 6.04 Å². The van der Waals surface area contributed by atoms with Gasteiger partial charge >= 0.3 is 0 Å². The van der Waals surface area contributed by atoms with Gasteiger partial charge in [-0.25, -0.2) is 0 Å². The Bertz CT molecular complexity index is 375. The van der Waals surface area contributed by atoms with Crippen LogP contribution in [-0.4, -0.2) is 0 Å². The molecule has 0 amide bonds. The van der Waals surface area contributed by atoms with Crippen molar-refractivity contribution in [1.29, 1.82) is 0 Å². The first-order chi connectivity index (χ1) is 8.02. The number of nitrogens with one attached hydrogen (secondary N) is 1. The van der Waals surface area contributed by atoms with E-state index in [1.165, 1.54) is 30.4 Å². The number of hydrogen-bond acceptors (Lipinski definition) is 2. The molecule has 0 heterocycles. The van der Waals surface area contributed by atoms with Crippen LogP contribution >= 0.6 is 0 Å². The lowest BCUT2D eigenvalue weighted by Gasteiger charge is -2.27. The van der Waals surface area contributed by atoms with Crippen molar-refractivity contribution < 1.29 is 0 Å². The summed E-state index contributed by atoms with van der Waals surface area (Å²) < 4.78 is 0. The molecule has 1 aromatic rings. The summed E-state index contributed by atoms with van der Waals surface area (Å²) in [5.74, 6) is 6.62. The van der Waals surface area contributed by atoms with Gasteiger partial charge < -0.3 is 0 Å². The summed E-state index contributed by atoms with van der Waals surface area (Å²) in [6.07, 6.45) is 3.91. The average Bonchev–Trinajstić information content (AvgIpc) is 3.08. The zero-order chi connectivity index (χ0) is 12.5. The summed E-state index contributed by atoms with van der Waals surface area (Å²) in [5.41, 5.74) is 5.95. The van der Waals surface area contributed by atoms with Gasteiger partial charge in [-0.3, -0.25) is 11.3 Å². The molecule has 1 fully saturated rings. The molecule has 0 aromatic heterocycles. The molecule has 1 aliphatic rings. The van der Waals surface area contributed by atoms with Crippen LogP contribution in [-0.2, 0) is 5.41 Å². The van der Waals surface area contributed by atoms with Crippen molar-refractivity contribution >= 4 is 0 Å². The second-order valence-electron chi connectivity index (χ2n) is 6.24. The average molecular weight is 232 g/mol. The number of rotatable bonds is 4. The standard InChI is InChI=1S/C15H24N2/c1-15(2,3)13-7-5-4-6-12(13)14(17-16)10-11-8-9-11/h4-7,11,14,17H,8-10,16H2,1-3H3. The van der Waals surface area contributed by atoms with Gasteiger partial charge in [0.15, 0.2) is 0 Å². The Morgan fingerprint density at radius 3 is 2.47 bits per heavy atom. The minimum absolute atomic E-state index is 0.176. The molecule has 1 unspecified atom stereocenters. The number of hydrogen-bond donors (Lipinski definition) is 2. The minimum atomic E-state index is 0.176. The van der Waals surface area contributed by atoms with E-state index >= 15 is 0 Å². The van der Waals surface area contributed by atoms with Crippen molar-refractivity contribution in [3.63, 3.8) is 0 Å². The van der Waals surface area contributed by atoms with Gasteiger partial charge in [-0.2, -0.15) is 0 Å². The summed E-state index contributed by atoms with van der Waals surface area (Å²) in [7, 11) is 0. The molecule has 3 N–H and O–H groups in total. The van der Waals surface area contributed by atoms with E-state index in [0.717, 1.165) is 5.92 Å². The van der Waals surface area contributed by atoms with E-state index in [4.69, 9.17) is 5.84 Å². The number of hydrazine groups is 1. The van der Waals surface area contributed by atoms with Crippen LogP contribution in [0.4, 0.5) is 0 Å². The molecule has 0 radical (unpaired) electrons. The SMILES string of the molecule is CC(C)(C)c1ccccc1C(CC1CC1)NN. The van der Waals surface area contributed by atoms with Gasteiger partial charge in [-0.15, -0.1) is 0 Å². The fourth-order valence-electron chi connectivity index (χ4n) is 2.46. The molecule has 2 nitrogen and oxygen atoms in total. The topological polar surface area (TPSA) is 38.0 Å². The Kier molecular flexibility index (Phi) is 3.55. The van der Waals surface area contributed by atoms with Crippen LogP contribution in [0.1, 0.15) is 57.2 Å². The van der Waals surface area contributed by atoms with Crippen LogP contribution in [0.15, 0.2) is 24.3 Å². The molecule has 17 heavy (non-hydrogen) atoms.